The van der Waals surface area contributed by atoms with Crippen molar-refractivity contribution < 1.29 is 0 Å². The average Bonchev–Trinajstić information content (AvgIpc) is 2.33. The molecule has 0 saturated heterocycles. The molecule has 0 radical (unpaired) electrons. The zero-order valence-electron chi connectivity index (χ0n) is 9.58. The van der Waals surface area contributed by atoms with E-state index in [0.29, 0.717) is 5.69 Å². The predicted molar refractivity (Wildman–Crippen MR) is 68.3 cm³/mol. The van der Waals surface area contributed by atoms with Gasteiger partial charge in [0.1, 0.15) is 5.82 Å². The Balaban J connectivity index is 1.75. The smallest absolute Gasteiger partial charge is 0.126 e. The van der Waals surface area contributed by atoms with Crippen molar-refractivity contribution in [3.8, 4) is 0 Å². The van der Waals surface area contributed by atoms with Crippen LogP contribution in [0.1, 0.15) is 32.1 Å². The minimum Gasteiger partial charge on any atom is -0.397 e. The van der Waals surface area contributed by atoms with E-state index in [2.05, 4.69) is 16.4 Å². The Hall–Kier alpha value is -1.51. The highest BCUT2D eigenvalue weighted by Gasteiger charge is 2.03. The van der Waals surface area contributed by atoms with Crippen molar-refractivity contribution >= 4 is 11.5 Å². The van der Waals surface area contributed by atoms with Gasteiger partial charge < -0.3 is 11.1 Å². The summed E-state index contributed by atoms with van der Waals surface area (Å²) in [5.74, 6) is 0.908. The van der Waals surface area contributed by atoms with E-state index >= 15 is 0 Å². The Kier molecular flexibility index (Phi) is 3.81. The second-order valence-corrected chi connectivity index (χ2v) is 4.26. The number of aromatic nitrogens is 1. The lowest BCUT2D eigenvalue weighted by Gasteiger charge is -2.13. The van der Waals surface area contributed by atoms with Crippen LogP contribution in [-0.4, -0.2) is 11.5 Å². The average molecular weight is 217 g/mol. The molecule has 0 aliphatic heterocycles. The largest absolute Gasteiger partial charge is 0.397 e. The van der Waals surface area contributed by atoms with E-state index in [-0.39, 0.29) is 0 Å². The third-order valence-corrected chi connectivity index (χ3v) is 2.92. The summed E-state index contributed by atoms with van der Waals surface area (Å²) in [6.07, 6.45) is 10.4. The molecule has 1 aromatic heterocycles. The first kappa shape index (κ1) is 11.0. The standard InChI is InChI=1S/C13H19N3/c14-12-6-7-13(16-10-12)15-9-8-11-4-2-1-3-5-11/h4,6-7,10H,1-3,5,8-9,14H2,(H,15,16). The van der Waals surface area contributed by atoms with Gasteiger partial charge in [-0.25, -0.2) is 4.98 Å². The molecule has 1 aromatic rings. The van der Waals surface area contributed by atoms with Crippen LogP contribution in [-0.2, 0) is 0 Å². The fourth-order valence-electron chi connectivity index (χ4n) is 1.99. The Morgan fingerprint density at radius 3 is 2.94 bits per heavy atom. The van der Waals surface area contributed by atoms with Gasteiger partial charge in [-0.2, -0.15) is 0 Å². The maximum absolute atomic E-state index is 5.57. The highest BCUT2D eigenvalue weighted by atomic mass is 15.0. The summed E-state index contributed by atoms with van der Waals surface area (Å²) < 4.78 is 0. The number of nitrogens with one attached hydrogen (secondary N) is 1. The van der Waals surface area contributed by atoms with E-state index < -0.39 is 0 Å². The second-order valence-electron chi connectivity index (χ2n) is 4.26. The molecule has 1 aliphatic carbocycles. The van der Waals surface area contributed by atoms with Crippen LogP contribution < -0.4 is 11.1 Å². The maximum Gasteiger partial charge on any atom is 0.126 e. The van der Waals surface area contributed by atoms with Crippen LogP contribution >= 0.6 is 0 Å². The molecule has 0 aromatic carbocycles. The van der Waals surface area contributed by atoms with Gasteiger partial charge in [-0.3, -0.25) is 0 Å². The molecule has 0 atom stereocenters. The van der Waals surface area contributed by atoms with Gasteiger partial charge in [0.2, 0.25) is 0 Å². The van der Waals surface area contributed by atoms with E-state index in [4.69, 9.17) is 5.73 Å². The predicted octanol–water partition coefficient (Wildman–Crippen LogP) is 2.97. The van der Waals surface area contributed by atoms with Crippen molar-refractivity contribution in [1.82, 2.24) is 4.98 Å². The molecule has 3 nitrogen and oxygen atoms in total. The maximum atomic E-state index is 5.57. The Morgan fingerprint density at radius 2 is 2.25 bits per heavy atom. The molecule has 0 spiro atoms. The first-order valence-electron chi connectivity index (χ1n) is 5.98. The summed E-state index contributed by atoms with van der Waals surface area (Å²) in [6, 6.07) is 3.79. The zero-order valence-corrected chi connectivity index (χ0v) is 9.58. The van der Waals surface area contributed by atoms with Gasteiger partial charge in [-0.15, -0.1) is 0 Å². The molecular formula is C13H19N3. The highest BCUT2D eigenvalue weighted by Crippen LogP contribution is 2.19. The van der Waals surface area contributed by atoms with Gasteiger partial charge >= 0.3 is 0 Å². The summed E-state index contributed by atoms with van der Waals surface area (Å²) in [7, 11) is 0. The SMILES string of the molecule is Nc1ccc(NCCC2=CCCCC2)nc1. The van der Waals surface area contributed by atoms with Crippen molar-refractivity contribution in [3.05, 3.63) is 30.0 Å². The number of hydrogen-bond acceptors (Lipinski definition) is 3. The molecule has 0 saturated carbocycles. The normalized spacial score (nSPS) is 15.6. The van der Waals surface area contributed by atoms with Crippen molar-refractivity contribution in [1.29, 1.82) is 0 Å². The van der Waals surface area contributed by atoms with Crippen molar-refractivity contribution in [3.63, 3.8) is 0 Å². The van der Waals surface area contributed by atoms with Crippen molar-refractivity contribution in [2.75, 3.05) is 17.6 Å². The molecule has 2 rings (SSSR count). The first-order chi connectivity index (χ1) is 7.84. The van der Waals surface area contributed by atoms with Crippen LogP contribution in [0, 0.1) is 0 Å². The first-order valence-corrected chi connectivity index (χ1v) is 5.98. The van der Waals surface area contributed by atoms with E-state index in [1.807, 2.05) is 12.1 Å². The molecule has 1 aliphatic rings. The van der Waals surface area contributed by atoms with Crippen LogP contribution in [0.5, 0.6) is 0 Å². The van der Waals surface area contributed by atoms with Gasteiger partial charge in [-0.05, 0) is 44.2 Å². The summed E-state index contributed by atoms with van der Waals surface area (Å²) >= 11 is 0. The monoisotopic (exact) mass is 217 g/mol. The Bertz CT molecular complexity index is 354. The van der Waals surface area contributed by atoms with Crippen LogP contribution in [0.3, 0.4) is 0 Å². The molecule has 0 amide bonds. The molecule has 0 unspecified atom stereocenters. The lowest BCUT2D eigenvalue weighted by Crippen LogP contribution is -2.05. The number of anilines is 2. The molecule has 0 bridgehead atoms. The second kappa shape index (κ2) is 5.54. The van der Waals surface area contributed by atoms with E-state index in [1.54, 1.807) is 11.8 Å². The number of nitrogens with zero attached hydrogens (tertiary/aromatic N) is 1. The van der Waals surface area contributed by atoms with Gasteiger partial charge in [0.15, 0.2) is 0 Å². The van der Waals surface area contributed by atoms with Crippen LogP contribution in [0.25, 0.3) is 0 Å². The fourth-order valence-corrected chi connectivity index (χ4v) is 1.99. The number of allylic oxidation sites excluding steroid dienone is 1. The van der Waals surface area contributed by atoms with Crippen molar-refractivity contribution in [2.24, 2.45) is 0 Å². The molecule has 3 heteroatoms. The summed E-state index contributed by atoms with van der Waals surface area (Å²) in [5.41, 5.74) is 7.87. The van der Waals surface area contributed by atoms with Gasteiger partial charge in [0, 0.05) is 6.54 Å². The van der Waals surface area contributed by atoms with Gasteiger partial charge in [-0.1, -0.05) is 11.6 Å². The van der Waals surface area contributed by atoms with Crippen molar-refractivity contribution in [2.45, 2.75) is 32.1 Å². The van der Waals surface area contributed by atoms with Crippen LogP contribution in [0.15, 0.2) is 30.0 Å². The number of rotatable bonds is 4. The Morgan fingerprint density at radius 1 is 1.31 bits per heavy atom. The highest BCUT2D eigenvalue weighted by molar-refractivity contribution is 5.43. The fraction of sp³-hybridized carbons (Fsp3) is 0.462. The lowest BCUT2D eigenvalue weighted by atomic mass is 9.97. The third-order valence-electron chi connectivity index (χ3n) is 2.92. The van der Waals surface area contributed by atoms with E-state index in [0.717, 1.165) is 18.8 Å². The Labute approximate surface area is 96.8 Å². The number of hydrogen-bond donors (Lipinski definition) is 2. The minimum absolute atomic E-state index is 0.709. The molecule has 86 valence electrons. The molecule has 3 N–H and O–H groups in total. The van der Waals surface area contributed by atoms with Gasteiger partial charge in [0.25, 0.3) is 0 Å². The van der Waals surface area contributed by atoms with E-state index in [9.17, 15) is 0 Å². The zero-order chi connectivity index (χ0) is 11.2. The molecule has 1 heterocycles. The van der Waals surface area contributed by atoms with E-state index in [1.165, 1.54) is 25.7 Å². The summed E-state index contributed by atoms with van der Waals surface area (Å²) in [4.78, 5) is 4.21. The molecule has 16 heavy (non-hydrogen) atoms. The van der Waals surface area contributed by atoms with Crippen LogP contribution in [0.2, 0.25) is 0 Å². The minimum atomic E-state index is 0.709. The summed E-state index contributed by atoms with van der Waals surface area (Å²) in [6.45, 7) is 0.961. The molecule has 0 fully saturated rings. The van der Waals surface area contributed by atoms with Crippen LogP contribution in [0.4, 0.5) is 11.5 Å². The number of nitrogen functional groups attached to an aromatic ring is 1. The molecular weight excluding hydrogens is 198 g/mol. The topological polar surface area (TPSA) is 50.9 Å². The van der Waals surface area contributed by atoms with Gasteiger partial charge in [0.05, 0.1) is 11.9 Å². The number of nitrogens with two attached hydrogens (primary N) is 1. The lowest BCUT2D eigenvalue weighted by molar-refractivity contribution is 0.679. The quantitative estimate of drug-likeness (QED) is 0.762. The third kappa shape index (κ3) is 3.26. The summed E-state index contributed by atoms with van der Waals surface area (Å²) in [5, 5.41) is 3.31. The number of pyridine rings is 1.